The third-order valence-corrected chi connectivity index (χ3v) is 5.93. The molecule has 6 heteroatoms. The maximum absolute atomic E-state index is 6.24. The van der Waals surface area contributed by atoms with Crippen molar-refractivity contribution in [1.29, 1.82) is 0 Å². The van der Waals surface area contributed by atoms with Crippen LogP contribution in [-0.4, -0.2) is 42.7 Å². The molecule has 0 aliphatic carbocycles. The Morgan fingerprint density at radius 2 is 1.90 bits per heavy atom. The summed E-state index contributed by atoms with van der Waals surface area (Å²) in [7, 11) is 1.68. The monoisotopic (exact) mass is 439 g/mol. The predicted octanol–water partition coefficient (Wildman–Crippen LogP) is 5.76. The molecule has 0 spiro atoms. The van der Waals surface area contributed by atoms with Gasteiger partial charge in [-0.15, -0.1) is 0 Å². The molecule has 31 heavy (non-hydrogen) atoms. The highest BCUT2D eigenvalue weighted by molar-refractivity contribution is 6.30. The van der Waals surface area contributed by atoms with Crippen molar-refractivity contribution in [2.45, 2.75) is 38.8 Å². The number of piperidine rings is 1. The van der Waals surface area contributed by atoms with Gasteiger partial charge in [0.05, 0.1) is 13.7 Å². The Morgan fingerprint density at radius 1 is 1.10 bits per heavy atom. The van der Waals surface area contributed by atoms with Gasteiger partial charge in [-0.05, 0) is 48.4 Å². The van der Waals surface area contributed by atoms with E-state index in [0.717, 1.165) is 67.0 Å². The van der Waals surface area contributed by atoms with Gasteiger partial charge in [0, 0.05) is 31.1 Å². The summed E-state index contributed by atoms with van der Waals surface area (Å²) in [4.78, 5) is 7.04. The standard InChI is InChI=1S/C25H30ClN3O2/c1-3-14-31-23-15-18(8-9-22(23)30-2)17-29-12-10-20(11-13-29)27-25-21-7-5-4-6-19(21)16-24(26)28-25/h4-9,15-16,20H,3,10-14,17H2,1-2H3,(H,27,28). The van der Waals surface area contributed by atoms with Gasteiger partial charge in [0.25, 0.3) is 0 Å². The van der Waals surface area contributed by atoms with E-state index < -0.39 is 0 Å². The summed E-state index contributed by atoms with van der Waals surface area (Å²) in [5, 5.41) is 6.40. The van der Waals surface area contributed by atoms with Crippen LogP contribution in [0.2, 0.25) is 5.15 Å². The van der Waals surface area contributed by atoms with Gasteiger partial charge in [-0.1, -0.05) is 48.9 Å². The van der Waals surface area contributed by atoms with Crippen LogP contribution < -0.4 is 14.8 Å². The Hall–Kier alpha value is -2.50. The third-order valence-electron chi connectivity index (χ3n) is 5.73. The van der Waals surface area contributed by atoms with Gasteiger partial charge in [-0.2, -0.15) is 0 Å². The molecule has 1 aromatic heterocycles. The molecule has 1 fully saturated rings. The Morgan fingerprint density at radius 3 is 2.68 bits per heavy atom. The van der Waals surface area contributed by atoms with Crippen LogP contribution in [0.5, 0.6) is 11.5 Å². The van der Waals surface area contributed by atoms with Crippen molar-refractivity contribution < 1.29 is 9.47 Å². The fourth-order valence-corrected chi connectivity index (χ4v) is 4.31. The molecule has 0 atom stereocenters. The summed E-state index contributed by atoms with van der Waals surface area (Å²) in [6.07, 6.45) is 3.11. The van der Waals surface area contributed by atoms with Crippen molar-refractivity contribution in [1.82, 2.24) is 9.88 Å². The van der Waals surface area contributed by atoms with Gasteiger partial charge in [0.2, 0.25) is 0 Å². The summed E-state index contributed by atoms with van der Waals surface area (Å²) in [5.41, 5.74) is 1.25. The van der Waals surface area contributed by atoms with Gasteiger partial charge in [0.15, 0.2) is 11.5 Å². The minimum Gasteiger partial charge on any atom is -0.493 e. The van der Waals surface area contributed by atoms with E-state index in [2.05, 4.69) is 46.4 Å². The molecule has 0 unspecified atom stereocenters. The van der Waals surface area contributed by atoms with Crippen LogP contribution in [0.25, 0.3) is 10.8 Å². The van der Waals surface area contributed by atoms with E-state index in [1.165, 1.54) is 5.56 Å². The van der Waals surface area contributed by atoms with Gasteiger partial charge >= 0.3 is 0 Å². The highest BCUT2D eigenvalue weighted by Gasteiger charge is 2.21. The zero-order valence-electron chi connectivity index (χ0n) is 18.2. The number of nitrogens with zero attached hydrogens (tertiary/aromatic N) is 2. The summed E-state index contributed by atoms with van der Waals surface area (Å²) < 4.78 is 11.3. The number of anilines is 1. The van der Waals surface area contributed by atoms with Crippen LogP contribution >= 0.6 is 11.6 Å². The average Bonchev–Trinajstić information content (AvgIpc) is 2.79. The molecule has 5 nitrogen and oxygen atoms in total. The normalized spacial score (nSPS) is 15.2. The van der Waals surface area contributed by atoms with Crippen LogP contribution in [-0.2, 0) is 6.54 Å². The topological polar surface area (TPSA) is 46.6 Å². The predicted molar refractivity (Wildman–Crippen MR) is 127 cm³/mol. The zero-order chi connectivity index (χ0) is 21.6. The zero-order valence-corrected chi connectivity index (χ0v) is 19.0. The van der Waals surface area contributed by atoms with Crippen molar-refractivity contribution in [2.75, 3.05) is 32.1 Å². The molecule has 0 saturated carbocycles. The van der Waals surface area contributed by atoms with E-state index in [1.807, 2.05) is 24.3 Å². The molecule has 3 aromatic rings. The molecule has 0 bridgehead atoms. The van der Waals surface area contributed by atoms with E-state index in [1.54, 1.807) is 7.11 Å². The number of pyridine rings is 1. The molecule has 1 aliphatic rings. The smallest absolute Gasteiger partial charge is 0.161 e. The molecule has 0 amide bonds. The summed E-state index contributed by atoms with van der Waals surface area (Å²) in [6, 6.07) is 16.8. The number of likely N-dealkylation sites (tertiary alicyclic amines) is 1. The molecule has 1 saturated heterocycles. The molecule has 0 radical (unpaired) electrons. The Labute approximate surface area is 189 Å². The number of hydrogen-bond donors (Lipinski definition) is 1. The van der Waals surface area contributed by atoms with E-state index in [9.17, 15) is 0 Å². The summed E-state index contributed by atoms with van der Waals surface area (Å²) in [6.45, 7) is 5.79. The number of rotatable bonds is 8. The SMILES string of the molecule is CCCOc1cc(CN2CCC(Nc3nc(Cl)cc4ccccc34)CC2)ccc1OC. The lowest BCUT2D eigenvalue weighted by molar-refractivity contribution is 0.210. The Bertz CT molecular complexity index is 1020. The number of ether oxygens (including phenoxy) is 2. The van der Waals surface area contributed by atoms with Gasteiger partial charge in [-0.25, -0.2) is 4.98 Å². The third kappa shape index (κ3) is 5.41. The lowest BCUT2D eigenvalue weighted by Gasteiger charge is -2.33. The van der Waals surface area contributed by atoms with E-state index in [4.69, 9.17) is 21.1 Å². The first kappa shape index (κ1) is 21.7. The lowest BCUT2D eigenvalue weighted by atomic mass is 10.0. The molecular weight excluding hydrogens is 410 g/mol. The van der Waals surface area contributed by atoms with E-state index in [0.29, 0.717) is 17.8 Å². The number of benzene rings is 2. The number of hydrogen-bond acceptors (Lipinski definition) is 5. The number of methoxy groups -OCH3 is 1. The largest absolute Gasteiger partial charge is 0.493 e. The van der Waals surface area contributed by atoms with Crippen molar-refractivity contribution in [3.8, 4) is 11.5 Å². The fraction of sp³-hybridized carbons (Fsp3) is 0.400. The van der Waals surface area contributed by atoms with Crippen molar-refractivity contribution >= 4 is 28.2 Å². The van der Waals surface area contributed by atoms with Crippen LogP contribution in [0.1, 0.15) is 31.7 Å². The van der Waals surface area contributed by atoms with Crippen LogP contribution in [0.15, 0.2) is 48.5 Å². The van der Waals surface area contributed by atoms with Gasteiger partial charge in [-0.3, -0.25) is 4.90 Å². The van der Waals surface area contributed by atoms with Crippen molar-refractivity contribution in [3.05, 3.63) is 59.2 Å². The molecular formula is C25H30ClN3O2. The Kier molecular flexibility index (Phi) is 7.15. The van der Waals surface area contributed by atoms with Crippen molar-refractivity contribution in [3.63, 3.8) is 0 Å². The van der Waals surface area contributed by atoms with Crippen molar-refractivity contribution in [2.24, 2.45) is 0 Å². The molecule has 2 aromatic carbocycles. The fourth-order valence-electron chi connectivity index (χ4n) is 4.11. The van der Waals surface area contributed by atoms with Crippen LogP contribution in [0.3, 0.4) is 0 Å². The molecule has 164 valence electrons. The minimum absolute atomic E-state index is 0.393. The van der Waals surface area contributed by atoms with E-state index in [-0.39, 0.29) is 0 Å². The highest BCUT2D eigenvalue weighted by Crippen LogP contribution is 2.30. The quantitative estimate of drug-likeness (QED) is 0.452. The number of aromatic nitrogens is 1. The summed E-state index contributed by atoms with van der Waals surface area (Å²) in [5.74, 6) is 2.51. The number of halogens is 1. The van der Waals surface area contributed by atoms with E-state index >= 15 is 0 Å². The lowest BCUT2D eigenvalue weighted by Crippen LogP contribution is -2.38. The Balaban J connectivity index is 1.36. The van der Waals surface area contributed by atoms with Gasteiger partial charge in [0.1, 0.15) is 11.0 Å². The summed E-state index contributed by atoms with van der Waals surface area (Å²) >= 11 is 6.24. The maximum atomic E-state index is 6.24. The maximum Gasteiger partial charge on any atom is 0.161 e. The first-order chi connectivity index (χ1) is 15.2. The first-order valence-electron chi connectivity index (χ1n) is 11.0. The number of fused-ring (bicyclic) bond motifs is 1. The molecule has 1 N–H and O–H groups in total. The molecule has 2 heterocycles. The van der Waals surface area contributed by atoms with Crippen LogP contribution in [0.4, 0.5) is 5.82 Å². The minimum atomic E-state index is 0.393. The average molecular weight is 440 g/mol. The highest BCUT2D eigenvalue weighted by atomic mass is 35.5. The number of nitrogens with one attached hydrogen (secondary N) is 1. The second-order valence-corrected chi connectivity index (χ2v) is 8.43. The second kappa shape index (κ2) is 10.2. The first-order valence-corrected chi connectivity index (χ1v) is 11.4. The van der Waals surface area contributed by atoms with Crippen LogP contribution in [0, 0.1) is 0 Å². The molecule has 1 aliphatic heterocycles. The molecule has 4 rings (SSSR count). The van der Waals surface area contributed by atoms with Gasteiger partial charge < -0.3 is 14.8 Å². The second-order valence-electron chi connectivity index (χ2n) is 8.04.